The number of nitrogens with one attached hydrogen (secondary N) is 4. The minimum absolute atomic E-state index is 0.0242. The van der Waals surface area contributed by atoms with E-state index in [1.165, 1.54) is 0 Å². The number of nitrogens with zero attached hydrogens (tertiary/aromatic N) is 2. The highest BCUT2D eigenvalue weighted by molar-refractivity contribution is 6.30. The number of halogens is 1. The average Bonchev–Trinajstić information content (AvgIpc) is 3.13. The molecule has 2 unspecified atom stereocenters. The second-order valence-corrected chi connectivity index (χ2v) is 7.49. The summed E-state index contributed by atoms with van der Waals surface area (Å²) in [5.74, 6) is 0.354. The van der Waals surface area contributed by atoms with Crippen LogP contribution in [0.25, 0.3) is 11.3 Å². The lowest BCUT2D eigenvalue weighted by Gasteiger charge is -2.30. The number of anilines is 2. The lowest BCUT2D eigenvalue weighted by atomic mass is 10.2. The molecular formula is C21H21ClN6O2. The number of carbonyl (C=O) groups excluding carboxylic acids is 2. The zero-order valence-corrected chi connectivity index (χ0v) is 17.0. The van der Waals surface area contributed by atoms with Crippen LogP contribution in [0.5, 0.6) is 0 Å². The normalized spacial score (nSPS) is 18.5. The Morgan fingerprint density at radius 2 is 1.87 bits per heavy atom. The van der Waals surface area contributed by atoms with Crippen molar-refractivity contribution in [2.24, 2.45) is 0 Å². The number of hydrogen-bond donors (Lipinski definition) is 4. The molecule has 0 spiro atoms. The summed E-state index contributed by atoms with van der Waals surface area (Å²) in [6.45, 7) is 1.92. The SMILES string of the molecule is CC1CC(=O)NC(n2nc(-c3ccccc3)cc2NC(=O)Nc2ccc(Cl)cc2)N1. The van der Waals surface area contributed by atoms with Crippen LogP contribution in [0.1, 0.15) is 19.6 Å². The number of hydrogen-bond acceptors (Lipinski definition) is 4. The van der Waals surface area contributed by atoms with Crippen molar-refractivity contribution in [3.05, 3.63) is 65.7 Å². The highest BCUT2D eigenvalue weighted by Crippen LogP contribution is 2.25. The molecule has 1 saturated heterocycles. The number of urea groups is 1. The first-order valence-corrected chi connectivity index (χ1v) is 9.90. The minimum atomic E-state index is -0.579. The largest absolute Gasteiger partial charge is 0.324 e. The molecule has 3 amide bonds. The summed E-state index contributed by atoms with van der Waals surface area (Å²) in [4.78, 5) is 24.6. The fourth-order valence-corrected chi connectivity index (χ4v) is 3.36. The second-order valence-electron chi connectivity index (χ2n) is 7.05. The van der Waals surface area contributed by atoms with Gasteiger partial charge in [-0.25, -0.2) is 9.48 Å². The summed E-state index contributed by atoms with van der Waals surface area (Å²) in [5.41, 5.74) is 2.17. The third-order valence-corrected chi connectivity index (χ3v) is 4.88. The van der Waals surface area contributed by atoms with Crippen LogP contribution in [0.2, 0.25) is 5.02 Å². The zero-order chi connectivity index (χ0) is 21.1. The second kappa shape index (κ2) is 8.56. The fourth-order valence-electron chi connectivity index (χ4n) is 3.24. The highest BCUT2D eigenvalue weighted by atomic mass is 35.5. The lowest BCUT2D eigenvalue weighted by Crippen LogP contribution is -2.52. The summed E-state index contributed by atoms with van der Waals surface area (Å²) in [7, 11) is 0. The van der Waals surface area contributed by atoms with Crippen LogP contribution < -0.4 is 21.3 Å². The van der Waals surface area contributed by atoms with Gasteiger partial charge in [0, 0.05) is 34.8 Å². The number of amides is 3. The van der Waals surface area contributed by atoms with Crippen LogP contribution >= 0.6 is 11.6 Å². The predicted molar refractivity (Wildman–Crippen MR) is 116 cm³/mol. The van der Waals surface area contributed by atoms with Crippen LogP contribution in [0, 0.1) is 0 Å². The number of benzene rings is 2. The maximum Gasteiger partial charge on any atom is 0.324 e. The topological polar surface area (TPSA) is 100 Å². The molecule has 9 heteroatoms. The summed E-state index contributed by atoms with van der Waals surface area (Å²) in [5, 5.41) is 16.9. The quantitative estimate of drug-likeness (QED) is 0.511. The summed E-state index contributed by atoms with van der Waals surface area (Å²) in [6, 6.07) is 17.7. The van der Waals surface area contributed by atoms with Crippen LogP contribution in [-0.2, 0) is 4.79 Å². The number of carbonyl (C=O) groups is 2. The van der Waals surface area contributed by atoms with Crippen molar-refractivity contribution in [2.75, 3.05) is 10.6 Å². The summed E-state index contributed by atoms with van der Waals surface area (Å²) >= 11 is 5.89. The molecule has 0 aliphatic carbocycles. The van der Waals surface area contributed by atoms with Crippen molar-refractivity contribution in [3.8, 4) is 11.3 Å². The Bertz CT molecular complexity index is 1050. The molecule has 1 aliphatic heterocycles. The molecule has 154 valence electrons. The summed E-state index contributed by atoms with van der Waals surface area (Å²) < 4.78 is 1.57. The molecule has 8 nitrogen and oxygen atoms in total. The molecule has 0 radical (unpaired) electrons. The molecule has 0 bridgehead atoms. The molecule has 0 saturated carbocycles. The van der Waals surface area contributed by atoms with Gasteiger partial charge in [0.25, 0.3) is 0 Å². The van der Waals surface area contributed by atoms with Crippen molar-refractivity contribution in [1.82, 2.24) is 20.4 Å². The molecule has 30 heavy (non-hydrogen) atoms. The summed E-state index contributed by atoms with van der Waals surface area (Å²) in [6.07, 6.45) is -0.201. The van der Waals surface area contributed by atoms with Gasteiger partial charge in [-0.1, -0.05) is 41.9 Å². The molecule has 1 aliphatic rings. The molecule has 1 aromatic heterocycles. The van der Waals surface area contributed by atoms with Crippen molar-refractivity contribution < 1.29 is 9.59 Å². The van der Waals surface area contributed by atoms with E-state index in [9.17, 15) is 9.59 Å². The van der Waals surface area contributed by atoms with Crippen LogP contribution in [0.4, 0.5) is 16.3 Å². The molecular weight excluding hydrogens is 404 g/mol. The lowest BCUT2D eigenvalue weighted by molar-refractivity contribution is -0.125. The van der Waals surface area contributed by atoms with E-state index in [1.54, 1.807) is 35.0 Å². The Labute approximate surface area is 178 Å². The van der Waals surface area contributed by atoms with Crippen LogP contribution in [-0.4, -0.2) is 27.8 Å². The highest BCUT2D eigenvalue weighted by Gasteiger charge is 2.27. The van der Waals surface area contributed by atoms with E-state index in [-0.39, 0.29) is 11.9 Å². The Balaban J connectivity index is 1.61. The molecule has 2 atom stereocenters. The van der Waals surface area contributed by atoms with E-state index < -0.39 is 12.3 Å². The van der Waals surface area contributed by atoms with Crippen molar-refractivity contribution >= 4 is 35.0 Å². The monoisotopic (exact) mass is 424 g/mol. The Morgan fingerprint density at radius 1 is 1.13 bits per heavy atom. The first-order chi connectivity index (χ1) is 14.5. The van der Waals surface area contributed by atoms with Gasteiger partial charge in [0.05, 0.1) is 5.69 Å². The van der Waals surface area contributed by atoms with E-state index in [2.05, 4.69) is 26.4 Å². The maximum absolute atomic E-state index is 12.6. The first kappa shape index (κ1) is 19.9. The van der Waals surface area contributed by atoms with E-state index in [1.807, 2.05) is 37.3 Å². The van der Waals surface area contributed by atoms with Crippen molar-refractivity contribution in [2.45, 2.75) is 25.7 Å². The number of aromatic nitrogens is 2. The molecule has 4 rings (SSSR count). The minimum Gasteiger partial charge on any atom is -0.322 e. The van der Waals surface area contributed by atoms with E-state index >= 15 is 0 Å². The van der Waals surface area contributed by atoms with Crippen molar-refractivity contribution in [3.63, 3.8) is 0 Å². The van der Waals surface area contributed by atoms with E-state index in [0.717, 1.165) is 5.56 Å². The third kappa shape index (κ3) is 4.61. The molecule has 2 aromatic carbocycles. The van der Waals surface area contributed by atoms with Gasteiger partial charge in [-0.15, -0.1) is 0 Å². The number of rotatable bonds is 4. The molecule has 4 N–H and O–H groups in total. The molecule has 3 aromatic rings. The van der Waals surface area contributed by atoms with Gasteiger partial charge in [0.1, 0.15) is 5.82 Å². The van der Waals surface area contributed by atoms with Gasteiger partial charge in [-0.2, -0.15) is 5.10 Å². The standard InChI is InChI=1S/C21H21ClN6O2/c1-13-11-19(29)26-20(23-13)28-18(12-17(27-28)14-5-3-2-4-6-14)25-21(30)24-16-9-7-15(22)8-10-16/h2-10,12-13,20,23H,11H2,1H3,(H,26,29)(H2,24,25,30). The van der Waals surface area contributed by atoms with Crippen molar-refractivity contribution in [1.29, 1.82) is 0 Å². The van der Waals surface area contributed by atoms with Crippen LogP contribution in [0.3, 0.4) is 0 Å². The van der Waals surface area contributed by atoms with Gasteiger partial charge in [-0.3, -0.25) is 15.4 Å². The van der Waals surface area contributed by atoms with Gasteiger partial charge < -0.3 is 10.6 Å². The van der Waals surface area contributed by atoms with E-state index in [4.69, 9.17) is 11.6 Å². The smallest absolute Gasteiger partial charge is 0.322 e. The zero-order valence-electron chi connectivity index (χ0n) is 16.2. The van der Waals surface area contributed by atoms with E-state index in [0.29, 0.717) is 28.6 Å². The Kier molecular flexibility index (Phi) is 5.69. The third-order valence-electron chi connectivity index (χ3n) is 4.63. The first-order valence-electron chi connectivity index (χ1n) is 9.52. The average molecular weight is 425 g/mol. The van der Waals surface area contributed by atoms with Gasteiger partial charge in [0.2, 0.25) is 5.91 Å². The fraction of sp³-hybridized carbons (Fsp3) is 0.190. The Morgan fingerprint density at radius 3 is 2.57 bits per heavy atom. The maximum atomic E-state index is 12.6. The molecule has 1 fully saturated rings. The van der Waals surface area contributed by atoms with Gasteiger partial charge >= 0.3 is 6.03 Å². The van der Waals surface area contributed by atoms with Gasteiger partial charge in [-0.05, 0) is 31.2 Å². The molecule has 2 heterocycles. The van der Waals surface area contributed by atoms with Crippen LogP contribution in [0.15, 0.2) is 60.7 Å². The van der Waals surface area contributed by atoms with Gasteiger partial charge in [0.15, 0.2) is 6.29 Å². The predicted octanol–water partition coefficient (Wildman–Crippen LogP) is 3.80. The Hall–Kier alpha value is -3.36.